The van der Waals surface area contributed by atoms with Crippen molar-refractivity contribution in [2.45, 2.75) is 31.4 Å². The normalized spacial score (nSPS) is 36.1. The summed E-state index contributed by atoms with van der Waals surface area (Å²) < 4.78 is 67.5. The van der Waals surface area contributed by atoms with E-state index in [1.165, 1.54) is 6.92 Å². The lowest BCUT2D eigenvalue weighted by atomic mass is 10.1. The quantitative estimate of drug-likeness (QED) is 0.412. The van der Waals surface area contributed by atoms with Crippen LogP contribution in [0.2, 0.25) is 0 Å². The molecule has 1 heterocycles. The van der Waals surface area contributed by atoms with Crippen molar-refractivity contribution in [1.82, 2.24) is 0 Å². The standard InChI is InChI=1S/C7H16FO12P3/c1-4-6(8)7(9)5(18-4)3-17-22(12,13)20-23(14,15)19-21(10,11)16-2/h4-7,9H,3H2,1-2H3,(H,10,11)(H,12,13)(H,14,15)/t4-,5+,6+,7?/m0/s1. The molecular weight excluding hydrogens is 388 g/mol. The molecule has 0 amide bonds. The van der Waals surface area contributed by atoms with Gasteiger partial charge in [0.25, 0.3) is 0 Å². The van der Waals surface area contributed by atoms with Crippen LogP contribution in [-0.2, 0) is 36.1 Å². The van der Waals surface area contributed by atoms with Gasteiger partial charge in [0.2, 0.25) is 0 Å². The number of hydrogen-bond acceptors (Lipinski definition) is 9. The zero-order valence-corrected chi connectivity index (χ0v) is 14.5. The summed E-state index contributed by atoms with van der Waals surface area (Å²) in [6, 6.07) is 0. The van der Waals surface area contributed by atoms with E-state index in [0.29, 0.717) is 7.11 Å². The molecule has 0 bridgehead atoms. The predicted molar refractivity (Wildman–Crippen MR) is 69.8 cm³/mol. The summed E-state index contributed by atoms with van der Waals surface area (Å²) in [6.07, 6.45) is -5.72. The van der Waals surface area contributed by atoms with Crippen LogP contribution < -0.4 is 0 Å². The monoisotopic (exact) mass is 404 g/mol. The van der Waals surface area contributed by atoms with Crippen LogP contribution in [0.15, 0.2) is 0 Å². The first kappa shape index (κ1) is 21.3. The van der Waals surface area contributed by atoms with E-state index in [2.05, 4.69) is 17.7 Å². The lowest BCUT2D eigenvalue weighted by molar-refractivity contribution is -0.0168. The molecule has 4 N–H and O–H groups in total. The molecule has 7 atom stereocenters. The maximum absolute atomic E-state index is 13.3. The van der Waals surface area contributed by atoms with Crippen molar-refractivity contribution in [3.8, 4) is 0 Å². The van der Waals surface area contributed by atoms with Crippen molar-refractivity contribution in [3.63, 3.8) is 0 Å². The van der Waals surface area contributed by atoms with E-state index in [1.54, 1.807) is 0 Å². The number of phosphoric acid groups is 3. The van der Waals surface area contributed by atoms with Gasteiger partial charge in [0.1, 0.15) is 12.2 Å². The summed E-state index contributed by atoms with van der Waals surface area (Å²) in [6.45, 7) is 0.447. The van der Waals surface area contributed by atoms with Crippen LogP contribution in [-0.4, -0.2) is 58.0 Å². The first-order valence-corrected chi connectivity index (χ1v) is 10.4. The Bertz CT molecular complexity index is 555. The van der Waals surface area contributed by atoms with Gasteiger partial charge in [-0.1, -0.05) is 0 Å². The summed E-state index contributed by atoms with van der Waals surface area (Å²) in [4.78, 5) is 27.2. The van der Waals surface area contributed by atoms with Crippen LogP contribution in [0.3, 0.4) is 0 Å². The number of alkyl halides is 1. The molecule has 138 valence electrons. The maximum Gasteiger partial charge on any atom is 0.490 e. The molecule has 0 saturated carbocycles. The minimum Gasteiger partial charge on any atom is -0.387 e. The summed E-state index contributed by atoms with van der Waals surface area (Å²) in [5.74, 6) is 0. The van der Waals surface area contributed by atoms with Crippen LogP contribution in [0.25, 0.3) is 0 Å². The van der Waals surface area contributed by atoms with Gasteiger partial charge in [-0.3, -0.25) is 9.05 Å². The number of aliphatic hydroxyl groups is 1. The van der Waals surface area contributed by atoms with Gasteiger partial charge in [-0.05, 0) is 6.92 Å². The van der Waals surface area contributed by atoms with Crippen molar-refractivity contribution < 1.29 is 60.3 Å². The lowest BCUT2D eigenvalue weighted by Crippen LogP contribution is -2.31. The average molecular weight is 404 g/mol. The molecule has 0 aliphatic carbocycles. The Morgan fingerprint density at radius 1 is 1.09 bits per heavy atom. The van der Waals surface area contributed by atoms with Gasteiger partial charge in [0.05, 0.1) is 12.7 Å². The van der Waals surface area contributed by atoms with Gasteiger partial charge in [0, 0.05) is 7.11 Å². The number of aliphatic hydroxyl groups excluding tert-OH is 1. The molecular formula is C7H16FO12P3. The molecule has 0 aromatic heterocycles. The molecule has 1 saturated heterocycles. The van der Waals surface area contributed by atoms with Gasteiger partial charge >= 0.3 is 23.5 Å². The second kappa shape index (κ2) is 7.65. The molecule has 0 aromatic carbocycles. The molecule has 23 heavy (non-hydrogen) atoms. The fourth-order valence-corrected chi connectivity index (χ4v) is 4.82. The molecule has 12 nitrogen and oxygen atoms in total. The zero-order chi connectivity index (χ0) is 18.1. The molecule has 1 aliphatic rings. The van der Waals surface area contributed by atoms with Crippen molar-refractivity contribution >= 4 is 23.5 Å². The van der Waals surface area contributed by atoms with E-state index < -0.39 is 54.6 Å². The van der Waals surface area contributed by atoms with Crippen molar-refractivity contribution in [3.05, 3.63) is 0 Å². The molecule has 1 fully saturated rings. The summed E-state index contributed by atoms with van der Waals surface area (Å²) in [5.41, 5.74) is 0. The van der Waals surface area contributed by atoms with Crippen molar-refractivity contribution in [2.75, 3.05) is 13.7 Å². The summed E-state index contributed by atoms with van der Waals surface area (Å²) >= 11 is 0. The van der Waals surface area contributed by atoms with Crippen molar-refractivity contribution in [2.24, 2.45) is 0 Å². The minimum atomic E-state index is -5.51. The van der Waals surface area contributed by atoms with Crippen LogP contribution in [0.5, 0.6) is 0 Å². The molecule has 16 heteroatoms. The highest BCUT2D eigenvalue weighted by Crippen LogP contribution is 2.67. The number of phosphoric ester groups is 2. The minimum absolute atomic E-state index is 0.670. The van der Waals surface area contributed by atoms with E-state index in [-0.39, 0.29) is 0 Å². The zero-order valence-electron chi connectivity index (χ0n) is 11.8. The second-order valence-corrected chi connectivity index (χ2v) is 9.10. The van der Waals surface area contributed by atoms with E-state index in [0.717, 1.165) is 0 Å². The molecule has 1 rings (SSSR count). The van der Waals surface area contributed by atoms with Crippen LogP contribution >= 0.6 is 23.5 Å². The number of rotatable bonds is 8. The van der Waals surface area contributed by atoms with Crippen LogP contribution in [0, 0.1) is 0 Å². The second-order valence-electron chi connectivity index (χ2n) is 4.36. The third-order valence-electron chi connectivity index (χ3n) is 2.59. The summed E-state index contributed by atoms with van der Waals surface area (Å²) in [7, 11) is -15.1. The first-order valence-electron chi connectivity index (χ1n) is 5.87. The molecule has 4 unspecified atom stereocenters. The molecule has 0 aromatic rings. The number of hydrogen-bond donors (Lipinski definition) is 4. The fraction of sp³-hybridized carbons (Fsp3) is 1.00. The fourth-order valence-electron chi connectivity index (χ4n) is 1.55. The molecule has 0 radical (unpaired) electrons. The predicted octanol–water partition coefficient (Wildman–Crippen LogP) is 0.470. The third-order valence-corrected chi connectivity index (χ3v) is 6.83. The van der Waals surface area contributed by atoms with E-state index >= 15 is 0 Å². The Kier molecular flexibility index (Phi) is 7.09. The van der Waals surface area contributed by atoms with Crippen LogP contribution in [0.1, 0.15) is 6.92 Å². The highest BCUT2D eigenvalue weighted by molar-refractivity contribution is 7.66. The Morgan fingerprint density at radius 2 is 1.61 bits per heavy atom. The van der Waals surface area contributed by atoms with Gasteiger partial charge < -0.3 is 24.5 Å². The van der Waals surface area contributed by atoms with Gasteiger partial charge in [-0.15, -0.1) is 0 Å². The van der Waals surface area contributed by atoms with E-state index in [9.17, 15) is 28.1 Å². The Balaban J connectivity index is 2.61. The van der Waals surface area contributed by atoms with Crippen LogP contribution in [0.4, 0.5) is 4.39 Å². The Hall–Kier alpha value is 0.260. The SMILES string of the molecule is COP(=O)(O)OP(=O)(O)OP(=O)(O)OC[C@H]1O[C@@H](C)[C@@H](F)C1O. The average Bonchev–Trinajstić information content (AvgIpc) is 2.61. The Labute approximate surface area is 129 Å². The maximum atomic E-state index is 13.3. The topological polar surface area (TPSA) is 178 Å². The lowest BCUT2D eigenvalue weighted by Gasteiger charge is -2.19. The molecule has 0 spiro atoms. The highest BCUT2D eigenvalue weighted by Gasteiger charge is 2.45. The third kappa shape index (κ3) is 6.58. The Morgan fingerprint density at radius 3 is 2.04 bits per heavy atom. The number of halogens is 1. The molecule has 1 aliphatic heterocycles. The highest BCUT2D eigenvalue weighted by atomic mass is 31.3. The summed E-state index contributed by atoms with van der Waals surface area (Å²) in [5, 5.41) is 9.43. The van der Waals surface area contributed by atoms with E-state index in [4.69, 9.17) is 14.5 Å². The smallest absolute Gasteiger partial charge is 0.387 e. The van der Waals surface area contributed by atoms with Crippen molar-refractivity contribution in [1.29, 1.82) is 0 Å². The number of ether oxygens (including phenoxy) is 1. The van der Waals surface area contributed by atoms with Gasteiger partial charge in [-0.25, -0.2) is 18.1 Å². The van der Waals surface area contributed by atoms with E-state index in [1.807, 2.05) is 0 Å². The van der Waals surface area contributed by atoms with Gasteiger partial charge in [-0.2, -0.15) is 8.62 Å². The first-order chi connectivity index (χ1) is 10.3. The van der Waals surface area contributed by atoms with Gasteiger partial charge in [0.15, 0.2) is 6.17 Å². The largest absolute Gasteiger partial charge is 0.490 e.